The first-order valence-electron chi connectivity index (χ1n) is 11.9. The number of aryl methyl sites for hydroxylation is 2. The average molecular weight is 464 g/mol. The predicted molar refractivity (Wildman–Crippen MR) is 133 cm³/mol. The van der Waals surface area contributed by atoms with Crippen LogP contribution in [-0.2, 0) is 14.4 Å². The number of piperazine rings is 2. The highest BCUT2D eigenvalue weighted by Crippen LogP contribution is 2.19. The molecule has 2 N–H and O–H groups in total. The van der Waals surface area contributed by atoms with Crippen LogP contribution >= 0.6 is 0 Å². The van der Waals surface area contributed by atoms with Crippen LogP contribution in [-0.4, -0.2) is 79.4 Å². The van der Waals surface area contributed by atoms with Crippen LogP contribution in [0.5, 0.6) is 0 Å². The van der Waals surface area contributed by atoms with Crippen LogP contribution in [0.15, 0.2) is 48.5 Å². The number of rotatable bonds is 6. The topological polar surface area (TPSA) is 85.0 Å². The Labute approximate surface area is 200 Å². The minimum Gasteiger partial charge on any atom is -0.369 e. The van der Waals surface area contributed by atoms with Gasteiger partial charge in [-0.3, -0.25) is 19.3 Å². The van der Waals surface area contributed by atoms with Gasteiger partial charge >= 0.3 is 0 Å². The molecule has 2 aliphatic heterocycles. The third-order valence-corrected chi connectivity index (χ3v) is 6.54. The number of anilines is 2. The van der Waals surface area contributed by atoms with E-state index in [1.165, 1.54) is 5.69 Å². The van der Waals surface area contributed by atoms with Crippen LogP contribution in [0.2, 0.25) is 0 Å². The van der Waals surface area contributed by atoms with E-state index < -0.39 is 6.04 Å². The maximum atomic E-state index is 13.2. The molecular weight excluding hydrogens is 430 g/mol. The molecule has 8 heteroatoms. The number of hydrogen-bond acceptors (Lipinski definition) is 5. The molecule has 0 aliphatic carbocycles. The molecule has 2 aromatic rings. The van der Waals surface area contributed by atoms with Crippen LogP contribution in [0.25, 0.3) is 0 Å². The van der Waals surface area contributed by atoms with Gasteiger partial charge in [-0.1, -0.05) is 35.9 Å². The van der Waals surface area contributed by atoms with Crippen molar-refractivity contribution in [3.05, 3.63) is 59.7 Å². The highest BCUT2D eigenvalue weighted by Gasteiger charge is 2.35. The number of benzene rings is 2. The Kier molecular flexibility index (Phi) is 7.47. The molecule has 34 heavy (non-hydrogen) atoms. The summed E-state index contributed by atoms with van der Waals surface area (Å²) in [5.41, 5.74) is 3.99. The summed E-state index contributed by atoms with van der Waals surface area (Å²) >= 11 is 0. The molecule has 2 saturated heterocycles. The summed E-state index contributed by atoms with van der Waals surface area (Å²) < 4.78 is 0. The van der Waals surface area contributed by atoms with Gasteiger partial charge in [0.1, 0.15) is 6.04 Å². The van der Waals surface area contributed by atoms with E-state index in [9.17, 15) is 14.4 Å². The summed E-state index contributed by atoms with van der Waals surface area (Å²) in [6.07, 6.45) is -0.0628. The van der Waals surface area contributed by atoms with Gasteiger partial charge in [-0.25, -0.2) is 0 Å². The maximum absolute atomic E-state index is 13.2. The third kappa shape index (κ3) is 5.75. The van der Waals surface area contributed by atoms with Gasteiger partial charge in [-0.2, -0.15) is 0 Å². The number of hydrogen-bond donors (Lipinski definition) is 2. The van der Waals surface area contributed by atoms with Crippen molar-refractivity contribution in [3.8, 4) is 0 Å². The normalized spacial score (nSPS) is 19.0. The zero-order valence-corrected chi connectivity index (χ0v) is 19.9. The van der Waals surface area contributed by atoms with Gasteiger partial charge in [0.2, 0.25) is 17.7 Å². The van der Waals surface area contributed by atoms with Gasteiger partial charge < -0.3 is 20.4 Å². The van der Waals surface area contributed by atoms with Crippen LogP contribution < -0.4 is 15.5 Å². The molecule has 4 rings (SSSR count). The van der Waals surface area contributed by atoms with Crippen molar-refractivity contribution >= 4 is 29.1 Å². The molecule has 2 fully saturated rings. The Balaban J connectivity index is 1.33. The van der Waals surface area contributed by atoms with Gasteiger partial charge in [0.25, 0.3) is 0 Å². The van der Waals surface area contributed by atoms with Crippen LogP contribution in [0, 0.1) is 13.8 Å². The third-order valence-electron chi connectivity index (χ3n) is 6.54. The second-order valence-electron chi connectivity index (χ2n) is 9.06. The molecule has 3 amide bonds. The van der Waals surface area contributed by atoms with Gasteiger partial charge in [-0.15, -0.1) is 0 Å². The molecule has 2 aliphatic rings. The Hall–Kier alpha value is -3.39. The lowest BCUT2D eigenvalue weighted by molar-refractivity contribution is -0.145. The molecule has 2 heterocycles. The summed E-state index contributed by atoms with van der Waals surface area (Å²) in [6.45, 7) is 8.25. The summed E-state index contributed by atoms with van der Waals surface area (Å²) in [6, 6.07) is 15.3. The SMILES string of the molecule is Cc1ccc(NC(=O)C[C@H]2C(=O)NCCN2C(=O)CN2CCN(c3ccccc3)CC2)c(C)c1. The zero-order valence-electron chi connectivity index (χ0n) is 19.9. The van der Waals surface area contributed by atoms with E-state index in [0.717, 1.165) is 43.0 Å². The van der Waals surface area contributed by atoms with E-state index in [4.69, 9.17) is 0 Å². The molecule has 8 nitrogen and oxygen atoms in total. The molecule has 2 aromatic carbocycles. The fourth-order valence-corrected chi connectivity index (χ4v) is 4.63. The largest absolute Gasteiger partial charge is 0.369 e. The van der Waals surface area contributed by atoms with Crippen molar-refractivity contribution < 1.29 is 14.4 Å². The van der Waals surface area contributed by atoms with Crippen LogP contribution in [0.3, 0.4) is 0 Å². The molecule has 0 bridgehead atoms. The molecule has 0 radical (unpaired) electrons. The van der Waals surface area contributed by atoms with E-state index in [2.05, 4.69) is 32.6 Å². The second kappa shape index (κ2) is 10.7. The Bertz CT molecular complexity index is 1030. The Morgan fingerprint density at radius 2 is 1.74 bits per heavy atom. The number of para-hydroxylation sites is 1. The van der Waals surface area contributed by atoms with E-state index >= 15 is 0 Å². The van der Waals surface area contributed by atoms with E-state index in [-0.39, 0.29) is 30.7 Å². The van der Waals surface area contributed by atoms with Crippen molar-refractivity contribution in [2.45, 2.75) is 26.3 Å². The zero-order chi connectivity index (χ0) is 24.1. The molecule has 0 aromatic heterocycles. The monoisotopic (exact) mass is 463 g/mol. The van der Waals surface area contributed by atoms with Crippen LogP contribution in [0.4, 0.5) is 11.4 Å². The fourth-order valence-electron chi connectivity index (χ4n) is 4.63. The molecule has 1 atom stereocenters. The summed E-state index contributed by atoms with van der Waals surface area (Å²) in [5.74, 6) is -0.653. The van der Waals surface area contributed by atoms with E-state index in [1.807, 2.05) is 50.2 Å². The van der Waals surface area contributed by atoms with Crippen LogP contribution in [0.1, 0.15) is 17.5 Å². The highest BCUT2D eigenvalue weighted by atomic mass is 16.2. The maximum Gasteiger partial charge on any atom is 0.243 e. The first kappa shape index (κ1) is 23.8. The minimum absolute atomic E-state index is 0.0628. The van der Waals surface area contributed by atoms with Gasteiger partial charge in [-0.05, 0) is 37.6 Å². The predicted octanol–water partition coefficient (Wildman–Crippen LogP) is 1.78. The van der Waals surface area contributed by atoms with E-state index in [0.29, 0.717) is 13.1 Å². The van der Waals surface area contributed by atoms with E-state index in [1.54, 1.807) is 4.90 Å². The Morgan fingerprint density at radius 1 is 1.00 bits per heavy atom. The van der Waals surface area contributed by atoms with Crippen molar-refractivity contribution in [2.75, 3.05) is 56.0 Å². The number of nitrogens with one attached hydrogen (secondary N) is 2. The molecular formula is C26H33N5O3. The number of carbonyl (C=O) groups is 3. The lowest BCUT2D eigenvalue weighted by Gasteiger charge is -2.39. The Morgan fingerprint density at radius 3 is 2.44 bits per heavy atom. The first-order chi connectivity index (χ1) is 16.4. The summed E-state index contributed by atoms with van der Waals surface area (Å²) in [4.78, 5) is 44.5. The number of amides is 3. The number of nitrogens with zero attached hydrogens (tertiary/aromatic N) is 3. The van der Waals surface area contributed by atoms with Crippen molar-refractivity contribution in [1.82, 2.24) is 15.1 Å². The first-order valence-corrected chi connectivity index (χ1v) is 11.9. The quantitative estimate of drug-likeness (QED) is 0.682. The van der Waals surface area contributed by atoms with Gasteiger partial charge in [0.05, 0.1) is 13.0 Å². The molecule has 0 spiro atoms. The molecule has 180 valence electrons. The molecule has 0 saturated carbocycles. The molecule has 0 unspecified atom stereocenters. The second-order valence-corrected chi connectivity index (χ2v) is 9.06. The summed E-state index contributed by atoms with van der Waals surface area (Å²) in [5, 5.41) is 5.69. The average Bonchev–Trinajstić information content (AvgIpc) is 2.83. The van der Waals surface area contributed by atoms with Crippen molar-refractivity contribution in [1.29, 1.82) is 0 Å². The standard InChI is InChI=1S/C26H33N5O3/c1-19-8-9-22(20(2)16-19)28-24(32)17-23-26(34)27-10-11-31(23)25(33)18-29-12-14-30(15-13-29)21-6-4-3-5-7-21/h3-9,16,23H,10-15,17-18H2,1-2H3,(H,27,34)(H,28,32)/t23-/m0/s1. The minimum atomic E-state index is -0.794. The smallest absolute Gasteiger partial charge is 0.243 e. The van der Waals surface area contributed by atoms with Gasteiger partial charge in [0, 0.05) is 50.6 Å². The highest BCUT2D eigenvalue weighted by molar-refractivity contribution is 5.98. The lowest BCUT2D eigenvalue weighted by atomic mass is 10.1. The number of carbonyl (C=O) groups excluding carboxylic acids is 3. The van der Waals surface area contributed by atoms with Crippen molar-refractivity contribution in [2.24, 2.45) is 0 Å². The summed E-state index contributed by atoms with van der Waals surface area (Å²) in [7, 11) is 0. The lowest BCUT2D eigenvalue weighted by Crippen LogP contribution is -2.60. The van der Waals surface area contributed by atoms with Crippen molar-refractivity contribution in [3.63, 3.8) is 0 Å². The fraction of sp³-hybridized carbons (Fsp3) is 0.423. The van der Waals surface area contributed by atoms with Gasteiger partial charge in [0.15, 0.2) is 0 Å².